The fraction of sp³-hybridized carbons (Fsp3) is 0.308. The van der Waals surface area contributed by atoms with Crippen LogP contribution >= 0.6 is 0 Å². The van der Waals surface area contributed by atoms with E-state index in [4.69, 9.17) is 0 Å². The van der Waals surface area contributed by atoms with Gasteiger partial charge in [-0.3, -0.25) is 4.68 Å². The van der Waals surface area contributed by atoms with E-state index in [0.717, 1.165) is 17.9 Å². The van der Waals surface area contributed by atoms with Gasteiger partial charge in [-0.15, -0.1) is 0 Å². The Kier molecular flexibility index (Phi) is 3.42. The maximum atomic E-state index is 12.8. The Morgan fingerprint density at radius 1 is 1.29 bits per heavy atom. The van der Waals surface area contributed by atoms with E-state index in [9.17, 15) is 4.39 Å². The summed E-state index contributed by atoms with van der Waals surface area (Å²) in [5.41, 5.74) is 1.04. The fourth-order valence-corrected chi connectivity index (χ4v) is 1.67. The SMILES string of the molecule is CCn1ccc(NC(C)c2ccc(F)cc2)n1. The molecule has 0 radical (unpaired) electrons. The maximum Gasteiger partial charge on any atom is 0.148 e. The number of nitrogens with zero attached hydrogens (tertiary/aromatic N) is 2. The third-order valence-electron chi connectivity index (χ3n) is 2.70. The van der Waals surface area contributed by atoms with Crippen LogP contribution in [0.5, 0.6) is 0 Å². The molecule has 2 aromatic rings. The molecule has 1 aromatic heterocycles. The third-order valence-corrected chi connectivity index (χ3v) is 2.70. The van der Waals surface area contributed by atoms with Gasteiger partial charge >= 0.3 is 0 Å². The molecule has 1 heterocycles. The Hall–Kier alpha value is -1.84. The molecule has 0 fully saturated rings. The first-order valence-electron chi connectivity index (χ1n) is 5.74. The molecule has 0 amide bonds. The zero-order valence-electron chi connectivity index (χ0n) is 10.0. The Balaban J connectivity index is 2.05. The molecule has 0 spiro atoms. The second-order valence-corrected chi connectivity index (χ2v) is 3.97. The molecule has 17 heavy (non-hydrogen) atoms. The lowest BCUT2D eigenvalue weighted by Crippen LogP contribution is -2.07. The van der Waals surface area contributed by atoms with Gasteiger partial charge < -0.3 is 5.32 Å². The van der Waals surface area contributed by atoms with E-state index in [-0.39, 0.29) is 11.9 Å². The van der Waals surface area contributed by atoms with Crippen molar-refractivity contribution in [1.29, 1.82) is 0 Å². The molecule has 2 rings (SSSR count). The first kappa shape index (κ1) is 11.6. The van der Waals surface area contributed by atoms with Crippen LogP contribution in [-0.2, 0) is 6.54 Å². The summed E-state index contributed by atoms with van der Waals surface area (Å²) in [5, 5.41) is 7.62. The van der Waals surface area contributed by atoms with Crippen LogP contribution in [0.4, 0.5) is 10.2 Å². The molecule has 1 aromatic carbocycles. The van der Waals surface area contributed by atoms with E-state index in [1.807, 2.05) is 30.8 Å². The lowest BCUT2D eigenvalue weighted by molar-refractivity contribution is 0.626. The Labute approximate surface area is 100 Å². The standard InChI is InChI=1S/C13H16FN3/c1-3-17-9-8-13(16-17)15-10(2)11-4-6-12(14)7-5-11/h4-10H,3H2,1-2H3,(H,15,16). The van der Waals surface area contributed by atoms with Crippen LogP contribution in [0.2, 0.25) is 0 Å². The number of hydrogen-bond donors (Lipinski definition) is 1. The van der Waals surface area contributed by atoms with Crippen LogP contribution in [0.15, 0.2) is 36.5 Å². The molecule has 0 saturated heterocycles. The smallest absolute Gasteiger partial charge is 0.148 e. The van der Waals surface area contributed by atoms with Crippen LogP contribution < -0.4 is 5.32 Å². The highest BCUT2D eigenvalue weighted by Crippen LogP contribution is 2.17. The number of aryl methyl sites for hydroxylation is 1. The summed E-state index contributed by atoms with van der Waals surface area (Å²) in [6, 6.07) is 8.55. The Bertz CT molecular complexity index is 476. The average molecular weight is 233 g/mol. The number of hydrogen-bond acceptors (Lipinski definition) is 2. The summed E-state index contributed by atoms with van der Waals surface area (Å²) in [6.07, 6.45) is 1.93. The van der Waals surface area contributed by atoms with Gasteiger partial charge in [0.2, 0.25) is 0 Å². The topological polar surface area (TPSA) is 29.9 Å². The van der Waals surface area contributed by atoms with Crippen molar-refractivity contribution < 1.29 is 4.39 Å². The number of benzene rings is 1. The summed E-state index contributed by atoms with van der Waals surface area (Å²) in [6.45, 7) is 4.92. The summed E-state index contributed by atoms with van der Waals surface area (Å²) in [5.74, 6) is 0.625. The van der Waals surface area contributed by atoms with Gasteiger partial charge in [0.15, 0.2) is 0 Å². The van der Waals surface area contributed by atoms with E-state index in [2.05, 4.69) is 10.4 Å². The molecule has 0 bridgehead atoms. The Morgan fingerprint density at radius 2 is 2.00 bits per heavy atom. The van der Waals surface area contributed by atoms with Crippen LogP contribution in [0.3, 0.4) is 0 Å². The summed E-state index contributed by atoms with van der Waals surface area (Å²) >= 11 is 0. The van der Waals surface area contributed by atoms with Crippen molar-refractivity contribution in [3.05, 3.63) is 47.9 Å². The number of halogens is 1. The third kappa shape index (κ3) is 2.84. The van der Waals surface area contributed by atoms with Crippen molar-refractivity contribution in [2.24, 2.45) is 0 Å². The summed E-state index contributed by atoms with van der Waals surface area (Å²) < 4.78 is 14.7. The molecule has 0 aliphatic carbocycles. The number of anilines is 1. The zero-order chi connectivity index (χ0) is 12.3. The minimum absolute atomic E-state index is 0.107. The first-order valence-corrected chi connectivity index (χ1v) is 5.74. The highest BCUT2D eigenvalue weighted by molar-refractivity contribution is 5.36. The normalized spacial score (nSPS) is 12.4. The van der Waals surface area contributed by atoms with Crippen molar-refractivity contribution in [3.63, 3.8) is 0 Å². The van der Waals surface area contributed by atoms with Crippen LogP contribution in [0.1, 0.15) is 25.5 Å². The molecular weight excluding hydrogens is 217 g/mol. The Morgan fingerprint density at radius 3 is 2.59 bits per heavy atom. The van der Waals surface area contributed by atoms with Gasteiger partial charge in [0, 0.05) is 18.8 Å². The van der Waals surface area contributed by atoms with Crippen molar-refractivity contribution in [2.45, 2.75) is 26.4 Å². The predicted molar refractivity (Wildman–Crippen MR) is 66.3 cm³/mol. The van der Waals surface area contributed by atoms with E-state index in [1.54, 1.807) is 12.1 Å². The van der Waals surface area contributed by atoms with Gasteiger partial charge in [-0.25, -0.2) is 4.39 Å². The van der Waals surface area contributed by atoms with Gasteiger partial charge in [0.25, 0.3) is 0 Å². The minimum atomic E-state index is -0.212. The fourth-order valence-electron chi connectivity index (χ4n) is 1.67. The van der Waals surface area contributed by atoms with E-state index in [1.165, 1.54) is 12.1 Å². The second kappa shape index (κ2) is 4.99. The van der Waals surface area contributed by atoms with Gasteiger partial charge in [-0.2, -0.15) is 5.10 Å². The molecule has 0 aliphatic heterocycles. The van der Waals surface area contributed by atoms with Gasteiger partial charge in [-0.05, 0) is 31.5 Å². The summed E-state index contributed by atoms with van der Waals surface area (Å²) in [4.78, 5) is 0. The molecule has 0 aliphatic rings. The molecule has 1 N–H and O–H groups in total. The van der Waals surface area contributed by atoms with Crippen molar-refractivity contribution in [3.8, 4) is 0 Å². The molecule has 4 heteroatoms. The number of nitrogens with one attached hydrogen (secondary N) is 1. The van der Waals surface area contributed by atoms with Crippen LogP contribution in [0.25, 0.3) is 0 Å². The minimum Gasteiger partial charge on any atom is -0.362 e. The molecule has 3 nitrogen and oxygen atoms in total. The lowest BCUT2D eigenvalue weighted by Gasteiger charge is -2.13. The van der Waals surface area contributed by atoms with E-state index in [0.29, 0.717) is 0 Å². The second-order valence-electron chi connectivity index (χ2n) is 3.97. The average Bonchev–Trinajstić information content (AvgIpc) is 2.77. The maximum absolute atomic E-state index is 12.8. The number of rotatable bonds is 4. The largest absolute Gasteiger partial charge is 0.362 e. The van der Waals surface area contributed by atoms with Gasteiger partial charge in [0.1, 0.15) is 11.6 Å². The van der Waals surface area contributed by atoms with Crippen molar-refractivity contribution >= 4 is 5.82 Å². The highest BCUT2D eigenvalue weighted by atomic mass is 19.1. The number of aromatic nitrogens is 2. The predicted octanol–water partition coefficient (Wildman–Crippen LogP) is 3.22. The van der Waals surface area contributed by atoms with E-state index < -0.39 is 0 Å². The molecule has 1 unspecified atom stereocenters. The molecule has 90 valence electrons. The first-order chi connectivity index (χ1) is 8.19. The molecule has 0 saturated carbocycles. The van der Waals surface area contributed by atoms with Crippen LogP contribution in [-0.4, -0.2) is 9.78 Å². The quantitative estimate of drug-likeness (QED) is 0.878. The van der Waals surface area contributed by atoms with Crippen LogP contribution in [0, 0.1) is 5.82 Å². The van der Waals surface area contributed by atoms with Gasteiger partial charge in [-0.1, -0.05) is 12.1 Å². The monoisotopic (exact) mass is 233 g/mol. The van der Waals surface area contributed by atoms with Crippen molar-refractivity contribution in [2.75, 3.05) is 5.32 Å². The van der Waals surface area contributed by atoms with E-state index >= 15 is 0 Å². The molecular formula is C13H16FN3. The highest BCUT2D eigenvalue weighted by Gasteiger charge is 2.06. The van der Waals surface area contributed by atoms with Gasteiger partial charge in [0.05, 0.1) is 6.04 Å². The van der Waals surface area contributed by atoms with Crippen molar-refractivity contribution in [1.82, 2.24) is 9.78 Å². The summed E-state index contributed by atoms with van der Waals surface area (Å²) in [7, 11) is 0. The zero-order valence-corrected chi connectivity index (χ0v) is 10.0. The molecule has 1 atom stereocenters. The lowest BCUT2D eigenvalue weighted by atomic mass is 10.1.